The normalized spacial score (nSPS) is 12.0. The molecule has 3 N–H and O–H groups in total. The van der Waals surface area contributed by atoms with E-state index in [-0.39, 0.29) is 20.9 Å². The van der Waals surface area contributed by atoms with Gasteiger partial charge in [0.1, 0.15) is 5.69 Å². The zero-order valence-corrected chi connectivity index (χ0v) is 22.8. The average molecular weight is 539 g/mol. The third-order valence-corrected chi connectivity index (χ3v) is 8.62. The van der Waals surface area contributed by atoms with E-state index < -0.39 is 15.8 Å². The number of nitrogens with one attached hydrogen (secondary N) is 2. The van der Waals surface area contributed by atoms with E-state index in [1.54, 1.807) is 36.4 Å². The molecule has 7 heteroatoms. The van der Waals surface area contributed by atoms with Crippen molar-refractivity contribution in [3.63, 3.8) is 0 Å². The highest BCUT2D eigenvalue weighted by molar-refractivity contribution is 7.91. The maximum Gasteiger partial charge on any atom is 0.352 e. The molecule has 6 nitrogen and oxygen atoms in total. The predicted octanol–water partition coefficient (Wildman–Crippen LogP) is 7.28. The van der Waals surface area contributed by atoms with Crippen molar-refractivity contribution in [1.29, 1.82) is 0 Å². The second kappa shape index (κ2) is 10.1. The average Bonchev–Trinajstić information content (AvgIpc) is 3.31. The van der Waals surface area contributed by atoms with Crippen LogP contribution in [0, 0.1) is 0 Å². The van der Waals surface area contributed by atoms with Crippen LogP contribution in [0.1, 0.15) is 42.4 Å². The third kappa shape index (κ3) is 5.31. The van der Waals surface area contributed by atoms with Gasteiger partial charge in [0.25, 0.3) is 0 Å². The number of hydrogen-bond donors (Lipinski definition) is 3. The van der Waals surface area contributed by atoms with E-state index in [0.717, 1.165) is 33.3 Å². The number of aromatic nitrogens is 1. The monoisotopic (exact) mass is 538 g/mol. The highest BCUT2D eigenvalue weighted by Crippen LogP contribution is 2.34. The Bertz CT molecular complexity index is 1750. The van der Waals surface area contributed by atoms with E-state index in [1.807, 2.05) is 60.7 Å². The van der Waals surface area contributed by atoms with Gasteiger partial charge in [0.05, 0.1) is 9.79 Å². The van der Waals surface area contributed by atoms with Crippen LogP contribution in [-0.4, -0.2) is 24.5 Å². The van der Waals surface area contributed by atoms with Crippen molar-refractivity contribution in [2.24, 2.45) is 0 Å². The van der Waals surface area contributed by atoms with Gasteiger partial charge in [-0.3, -0.25) is 0 Å². The van der Waals surface area contributed by atoms with Gasteiger partial charge in [-0.2, -0.15) is 0 Å². The molecule has 4 aromatic carbocycles. The van der Waals surface area contributed by atoms with Gasteiger partial charge in [-0.25, -0.2) is 13.2 Å². The lowest BCUT2D eigenvalue weighted by molar-refractivity contribution is 0.0692. The highest BCUT2D eigenvalue weighted by Gasteiger charge is 2.20. The Balaban J connectivity index is 1.33. The molecular weight excluding hydrogens is 508 g/mol. The molecule has 1 aromatic heterocycles. The number of carboxylic acids is 1. The molecule has 5 rings (SSSR count). The first kappa shape index (κ1) is 26.3. The van der Waals surface area contributed by atoms with Gasteiger partial charge in [0, 0.05) is 28.7 Å². The van der Waals surface area contributed by atoms with Crippen LogP contribution in [0.25, 0.3) is 22.0 Å². The SMILES string of the molecule is CC(C)(C)c1ccc(S(=O)(=O)c2ccc(CNc3ccc4c(-c5ccccc5)c(C(=O)O)[nH]c4c3)cc2)cc1. The molecule has 39 heavy (non-hydrogen) atoms. The first-order valence-corrected chi connectivity index (χ1v) is 14.2. The molecule has 0 bridgehead atoms. The van der Waals surface area contributed by atoms with Crippen LogP contribution in [0.2, 0.25) is 0 Å². The quantitative estimate of drug-likeness (QED) is 0.202. The van der Waals surface area contributed by atoms with Gasteiger partial charge >= 0.3 is 5.97 Å². The number of aromatic amines is 1. The van der Waals surface area contributed by atoms with Gasteiger partial charge < -0.3 is 15.4 Å². The standard InChI is InChI=1S/C32H30N2O4S/c1-32(2,3)23-11-16-26(17-12-23)39(37,38)25-14-9-21(10-15-25)20-33-24-13-18-27-28(19-24)34-30(31(35)36)29(27)22-7-5-4-6-8-22/h4-19,33-34H,20H2,1-3H3,(H,35,36). The molecule has 0 radical (unpaired) electrons. The maximum absolute atomic E-state index is 13.1. The molecule has 0 atom stereocenters. The molecule has 0 saturated carbocycles. The molecule has 0 saturated heterocycles. The Morgan fingerprint density at radius 3 is 2.05 bits per heavy atom. The van der Waals surface area contributed by atoms with E-state index in [2.05, 4.69) is 31.1 Å². The summed E-state index contributed by atoms with van der Waals surface area (Å²) in [6.45, 7) is 6.75. The molecule has 0 aliphatic heterocycles. The number of hydrogen-bond acceptors (Lipinski definition) is 4. The molecule has 0 amide bonds. The van der Waals surface area contributed by atoms with Crippen LogP contribution in [-0.2, 0) is 21.8 Å². The topological polar surface area (TPSA) is 99.3 Å². The second-order valence-corrected chi connectivity index (χ2v) is 12.5. The van der Waals surface area contributed by atoms with Crippen LogP contribution in [0.15, 0.2) is 107 Å². The minimum absolute atomic E-state index is 0.0505. The Kier molecular flexibility index (Phi) is 6.78. The number of H-pyrrole nitrogens is 1. The predicted molar refractivity (Wildman–Crippen MR) is 155 cm³/mol. The van der Waals surface area contributed by atoms with E-state index in [0.29, 0.717) is 12.1 Å². The number of anilines is 1. The van der Waals surface area contributed by atoms with Crippen LogP contribution >= 0.6 is 0 Å². The Hall–Kier alpha value is -4.36. The molecule has 0 unspecified atom stereocenters. The largest absolute Gasteiger partial charge is 0.477 e. The lowest BCUT2D eigenvalue weighted by Crippen LogP contribution is -2.11. The summed E-state index contributed by atoms with van der Waals surface area (Å²) in [5, 5.41) is 13.9. The summed E-state index contributed by atoms with van der Waals surface area (Å²) in [6.07, 6.45) is 0. The fraction of sp³-hybridized carbons (Fsp3) is 0.156. The molecule has 0 aliphatic rings. The smallest absolute Gasteiger partial charge is 0.352 e. The van der Waals surface area contributed by atoms with Crippen molar-refractivity contribution in [2.45, 2.75) is 42.5 Å². The number of carbonyl (C=O) groups is 1. The third-order valence-electron chi connectivity index (χ3n) is 6.84. The van der Waals surface area contributed by atoms with Crippen LogP contribution < -0.4 is 5.32 Å². The summed E-state index contributed by atoms with van der Waals surface area (Å²) < 4.78 is 26.3. The molecule has 198 valence electrons. The Labute approximate surface area is 228 Å². The van der Waals surface area contributed by atoms with Crippen LogP contribution in [0.3, 0.4) is 0 Å². The fourth-order valence-electron chi connectivity index (χ4n) is 4.63. The summed E-state index contributed by atoms with van der Waals surface area (Å²) in [7, 11) is -3.61. The van der Waals surface area contributed by atoms with Gasteiger partial charge in [-0.1, -0.05) is 81.4 Å². The first-order valence-electron chi connectivity index (χ1n) is 12.7. The molecule has 5 aromatic rings. The fourth-order valence-corrected chi connectivity index (χ4v) is 5.89. The summed E-state index contributed by atoms with van der Waals surface area (Å²) in [6, 6.07) is 29.1. The van der Waals surface area contributed by atoms with E-state index in [4.69, 9.17) is 0 Å². The minimum Gasteiger partial charge on any atom is -0.477 e. The van der Waals surface area contributed by atoms with Gasteiger partial charge in [0.2, 0.25) is 9.84 Å². The number of carboxylic acid groups (broad SMARTS) is 1. The van der Waals surface area contributed by atoms with Crippen molar-refractivity contribution in [3.8, 4) is 11.1 Å². The van der Waals surface area contributed by atoms with Gasteiger partial charge in [0.15, 0.2) is 0 Å². The van der Waals surface area contributed by atoms with Crippen molar-refractivity contribution >= 4 is 32.4 Å². The summed E-state index contributed by atoms with van der Waals surface area (Å²) >= 11 is 0. The van der Waals surface area contributed by atoms with Crippen LogP contribution in [0.4, 0.5) is 5.69 Å². The summed E-state index contributed by atoms with van der Waals surface area (Å²) in [4.78, 5) is 15.5. The van der Waals surface area contributed by atoms with E-state index in [1.165, 1.54) is 0 Å². The lowest BCUT2D eigenvalue weighted by Gasteiger charge is -2.19. The lowest BCUT2D eigenvalue weighted by atomic mass is 9.87. The number of benzene rings is 4. The molecule has 1 heterocycles. The molecular formula is C32H30N2O4S. The van der Waals surface area contributed by atoms with Crippen LogP contribution in [0.5, 0.6) is 0 Å². The minimum atomic E-state index is -3.61. The van der Waals surface area contributed by atoms with Crippen molar-refractivity contribution in [3.05, 3.63) is 114 Å². The summed E-state index contributed by atoms with van der Waals surface area (Å²) in [5.74, 6) is -1.01. The Morgan fingerprint density at radius 1 is 0.846 bits per heavy atom. The molecule has 0 aliphatic carbocycles. The Morgan fingerprint density at radius 2 is 1.46 bits per heavy atom. The van der Waals surface area contributed by atoms with Gasteiger partial charge in [-0.05, 0) is 58.5 Å². The van der Waals surface area contributed by atoms with E-state index in [9.17, 15) is 18.3 Å². The zero-order chi connectivity index (χ0) is 27.8. The summed E-state index contributed by atoms with van der Waals surface area (Å²) in [5.41, 5.74) is 5.13. The number of sulfone groups is 1. The van der Waals surface area contributed by atoms with Crippen molar-refractivity contribution in [1.82, 2.24) is 4.98 Å². The van der Waals surface area contributed by atoms with Crippen molar-refractivity contribution < 1.29 is 18.3 Å². The molecule has 0 spiro atoms. The first-order chi connectivity index (χ1) is 18.5. The number of rotatable bonds is 7. The second-order valence-electron chi connectivity index (χ2n) is 10.6. The highest BCUT2D eigenvalue weighted by atomic mass is 32.2. The molecule has 0 fully saturated rings. The number of aromatic carboxylic acids is 1. The van der Waals surface area contributed by atoms with E-state index >= 15 is 0 Å². The number of fused-ring (bicyclic) bond motifs is 1. The maximum atomic E-state index is 13.1. The zero-order valence-electron chi connectivity index (χ0n) is 22.0. The van der Waals surface area contributed by atoms with Gasteiger partial charge in [-0.15, -0.1) is 0 Å². The van der Waals surface area contributed by atoms with Crippen molar-refractivity contribution in [2.75, 3.05) is 5.32 Å².